The summed E-state index contributed by atoms with van der Waals surface area (Å²) in [5.74, 6) is 0. The van der Waals surface area contributed by atoms with E-state index in [0.29, 0.717) is 13.3 Å². The average molecular weight is 204 g/mol. The van der Waals surface area contributed by atoms with E-state index in [9.17, 15) is 0 Å². The molecule has 0 aromatic carbocycles. The van der Waals surface area contributed by atoms with Crippen molar-refractivity contribution in [3.05, 3.63) is 0 Å². The molecule has 0 aromatic rings. The molecule has 0 aromatic heterocycles. The lowest BCUT2D eigenvalue weighted by Gasteiger charge is -2.36. The fraction of sp³-hybridized carbons (Fsp3) is 1.00. The third-order valence-electron chi connectivity index (χ3n) is 1.39. The molecule has 0 bridgehead atoms. The fourth-order valence-corrected chi connectivity index (χ4v) is 1.56. The number of nitrogens with zero attached hydrogens (tertiary/aromatic N) is 3. The van der Waals surface area contributed by atoms with Crippen LogP contribution in [0.25, 0.3) is 0 Å². The molecular formula is C4H8Cl3N3. The van der Waals surface area contributed by atoms with Crippen molar-refractivity contribution in [1.29, 1.82) is 0 Å². The molecule has 0 atom stereocenters. The quantitative estimate of drug-likeness (QED) is 0.555. The van der Waals surface area contributed by atoms with Crippen LogP contribution < -0.4 is 0 Å². The normalized spacial score (nSPS) is 27.6. The highest BCUT2D eigenvalue weighted by Crippen LogP contribution is 2.19. The van der Waals surface area contributed by atoms with Crippen molar-refractivity contribution in [2.45, 2.75) is 13.1 Å². The summed E-state index contributed by atoms with van der Waals surface area (Å²) in [6.45, 7) is 2.95. The Kier molecular flexibility index (Phi) is 3.03. The van der Waals surface area contributed by atoms with Gasteiger partial charge in [0.15, 0.2) is 0 Å². The van der Waals surface area contributed by atoms with Gasteiger partial charge >= 0.3 is 0 Å². The zero-order valence-electron chi connectivity index (χ0n) is 5.47. The Morgan fingerprint density at radius 2 is 1.50 bits per heavy atom. The molecule has 0 spiro atoms. The zero-order chi connectivity index (χ0) is 7.72. The second-order valence-electron chi connectivity index (χ2n) is 2.18. The minimum absolute atomic E-state index is 0.0262. The van der Waals surface area contributed by atoms with Crippen molar-refractivity contribution in [1.82, 2.24) is 13.3 Å². The van der Waals surface area contributed by atoms with E-state index in [2.05, 4.69) is 0 Å². The van der Waals surface area contributed by atoms with Gasteiger partial charge in [0, 0.05) is 0 Å². The van der Waals surface area contributed by atoms with Crippen LogP contribution in [0.2, 0.25) is 0 Å². The third kappa shape index (κ3) is 1.87. The van der Waals surface area contributed by atoms with Crippen LogP contribution in [-0.2, 0) is 0 Å². The van der Waals surface area contributed by atoms with E-state index in [1.54, 1.807) is 0 Å². The maximum atomic E-state index is 5.74. The van der Waals surface area contributed by atoms with E-state index in [1.165, 1.54) is 13.3 Å². The maximum Gasteiger partial charge on any atom is 0.0910 e. The molecule has 0 amide bonds. The van der Waals surface area contributed by atoms with E-state index < -0.39 is 0 Å². The van der Waals surface area contributed by atoms with Crippen molar-refractivity contribution in [2.75, 3.05) is 13.3 Å². The Bertz CT molecular complexity index is 110. The first-order valence-electron chi connectivity index (χ1n) is 2.87. The molecule has 10 heavy (non-hydrogen) atoms. The van der Waals surface area contributed by atoms with Gasteiger partial charge in [-0.25, -0.2) is 0 Å². The number of hydrogen-bond acceptors (Lipinski definition) is 3. The van der Waals surface area contributed by atoms with Crippen molar-refractivity contribution in [3.63, 3.8) is 0 Å². The zero-order valence-corrected chi connectivity index (χ0v) is 7.73. The van der Waals surface area contributed by atoms with E-state index in [0.717, 1.165) is 0 Å². The van der Waals surface area contributed by atoms with Gasteiger partial charge in [-0.05, 0) is 42.3 Å². The summed E-state index contributed by atoms with van der Waals surface area (Å²) in [6, 6.07) is 0. The van der Waals surface area contributed by atoms with Gasteiger partial charge in [0.25, 0.3) is 0 Å². The number of rotatable bonds is 0. The highest BCUT2D eigenvalue weighted by atomic mass is 35.5. The Balaban J connectivity index is 2.49. The van der Waals surface area contributed by atoms with Crippen LogP contribution in [0.4, 0.5) is 0 Å². The highest BCUT2D eigenvalue weighted by Gasteiger charge is 2.26. The lowest BCUT2D eigenvalue weighted by atomic mass is 10.5. The second-order valence-corrected chi connectivity index (χ2v) is 3.52. The third-order valence-corrected chi connectivity index (χ3v) is 2.38. The van der Waals surface area contributed by atoms with E-state index in [4.69, 9.17) is 35.3 Å². The number of halogens is 3. The molecule has 60 valence electrons. The van der Waals surface area contributed by atoms with E-state index in [1.807, 2.05) is 6.92 Å². The average Bonchev–Trinajstić information content (AvgIpc) is 1.82. The predicted molar refractivity (Wildman–Crippen MR) is 42.3 cm³/mol. The monoisotopic (exact) mass is 203 g/mol. The molecule has 1 rings (SSSR count). The molecule has 1 aliphatic rings. The molecule has 0 aliphatic carbocycles. The Morgan fingerprint density at radius 3 is 1.90 bits per heavy atom. The van der Waals surface area contributed by atoms with Crippen molar-refractivity contribution >= 4 is 35.3 Å². The summed E-state index contributed by atoms with van der Waals surface area (Å²) in [7, 11) is 0. The molecule has 0 unspecified atom stereocenters. The lowest BCUT2D eigenvalue weighted by molar-refractivity contribution is 0.0745. The van der Waals surface area contributed by atoms with Gasteiger partial charge in [-0.2, -0.15) is 13.3 Å². The minimum atomic E-state index is 0.0262. The SMILES string of the molecule is CC1N(Cl)CN(Cl)CN1Cl. The van der Waals surface area contributed by atoms with Gasteiger partial charge in [0.2, 0.25) is 0 Å². The van der Waals surface area contributed by atoms with Crippen LogP contribution in [0.5, 0.6) is 0 Å². The van der Waals surface area contributed by atoms with E-state index >= 15 is 0 Å². The van der Waals surface area contributed by atoms with Gasteiger partial charge in [0.1, 0.15) is 0 Å². The summed E-state index contributed by atoms with van der Waals surface area (Å²) in [4.78, 5) is 0. The van der Waals surface area contributed by atoms with Crippen LogP contribution >= 0.6 is 35.3 Å². The van der Waals surface area contributed by atoms with Crippen molar-refractivity contribution in [3.8, 4) is 0 Å². The summed E-state index contributed by atoms with van der Waals surface area (Å²) < 4.78 is 4.56. The van der Waals surface area contributed by atoms with Gasteiger partial charge < -0.3 is 0 Å². The molecule has 1 aliphatic heterocycles. The summed E-state index contributed by atoms with van der Waals surface area (Å²) in [5, 5.41) is 0. The molecule has 0 radical (unpaired) electrons. The maximum absolute atomic E-state index is 5.74. The van der Waals surface area contributed by atoms with Gasteiger partial charge in [-0.1, -0.05) is 0 Å². The van der Waals surface area contributed by atoms with Crippen LogP contribution in [-0.4, -0.2) is 32.8 Å². The van der Waals surface area contributed by atoms with Gasteiger partial charge in [-0.3, -0.25) is 0 Å². The molecule has 3 nitrogen and oxygen atoms in total. The Labute approximate surface area is 75.4 Å². The molecule has 0 saturated carbocycles. The van der Waals surface area contributed by atoms with E-state index in [-0.39, 0.29) is 6.17 Å². The largest absolute Gasteiger partial charge is 0.189 e. The van der Waals surface area contributed by atoms with Crippen LogP contribution in [0.3, 0.4) is 0 Å². The van der Waals surface area contributed by atoms with Gasteiger partial charge in [-0.15, -0.1) is 0 Å². The predicted octanol–water partition coefficient (Wildman–Crippen LogP) is 1.63. The smallest absolute Gasteiger partial charge is 0.0910 e. The van der Waals surface area contributed by atoms with Crippen LogP contribution in [0.15, 0.2) is 0 Å². The van der Waals surface area contributed by atoms with Crippen LogP contribution in [0.1, 0.15) is 6.92 Å². The lowest BCUT2D eigenvalue weighted by Crippen LogP contribution is -2.50. The molecule has 1 heterocycles. The second kappa shape index (κ2) is 3.43. The highest BCUT2D eigenvalue weighted by molar-refractivity contribution is 6.18. The standard InChI is InChI=1S/C4H8Cl3N3/c1-4-9(6)2-8(5)3-10(4)7/h4H,2-3H2,1H3. The Morgan fingerprint density at radius 1 is 1.10 bits per heavy atom. The molecular weight excluding hydrogens is 196 g/mol. The topological polar surface area (TPSA) is 9.72 Å². The first kappa shape index (κ1) is 8.84. The summed E-state index contributed by atoms with van der Waals surface area (Å²) in [6.07, 6.45) is 0.0262. The fourth-order valence-electron chi connectivity index (χ4n) is 0.710. The van der Waals surface area contributed by atoms with Crippen molar-refractivity contribution < 1.29 is 0 Å². The molecule has 1 saturated heterocycles. The van der Waals surface area contributed by atoms with Gasteiger partial charge in [0.05, 0.1) is 19.5 Å². The first-order chi connectivity index (χ1) is 4.61. The first-order valence-corrected chi connectivity index (χ1v) is 3.88. The summed E-state index contributed by atoms with van der Waals surface area (Å²) in [5.41, 5.74) is 0. The molecule has 6 heteroatoms. The number of hydrogen-bond donors (Lipinski definition) is 0. The molecule has 1 fully saturated rings. The summed E-state index contributed by atoms with van der Waals surface area (Å²) >= 11 is 17.1. The van der Waals surface area contributed by atoms with Crippen molar-refractivity contribution in [2.24, 2.45) is 0 Å². The minimum Gasteiger partial charge on any atom is -0.189 e. The van der Waals surface area contributed by atoms with Crippen LogP contribution in [0, 0.1) is 0 Å². The Hall–Kier alpha value is 0.750. The molecule has 0 N–H and O–H groups in total.